The highest BCUT2D eigenvalue weighted by molar-refractivity contribution is 5.88. The maximum absolute atomic E-state index is 12.4. The molecular weight excluding hydrogens is 316 g/mol. The minimum absolute atomic E-state index is 0.133. The Morgan fingerprint density at radius 3 is 2.64 bits per heavy atom. The van der Waals surface area contributed by atoms with Crippen LogP contribution in [0.1, 0.15) is 31.0 Å². The van der Waals surface area contributed by atoms with Gasteiger partial charge in [0, 0.05) is 31.9 Å². The average molecular weight is 342 g/mol. The van der Waals surface area contributed by atoms with Crippen molar-refractivity contribution in [2.45, 2.75) is 38.6 Å². The zero-order valence-corrected chi connectivity index (χ0v) is 14.9. The number of carbonyl (C=O) groups is 2. The lowest BCUT2D eigenvalue weighted by Gasteiger charge is -2.18. The fraction of sp³-hybridized carbons (Fsp3) is 0.421. The van der Waals surface area contributed by atoms with Crippen LogP contribution in [0.2, 0.25) is 0 Å². The first-order valence-corrected chi connectivity index (χ1v) is 8.66. The quantitative estimate of drug-likeness (QED) is 0.727. The molecule has 0 saturated heterocycles. The van der Waals surface area contributed by atoms with Gasteiger partial charge in [0.2, 0.25) is 11.8 Å². The molecule has 0 radical (unpaired) electrons. The number of carbonyl (C=O) groups excluding carboxylic acids is 2. The summed E-state index contributed by atoms with van der Waals surface area (Å²) in [5.41, 5.74) is 1.99. The summed E-state index contributed by atoms with van der Waals surface area (Å²) >= 11 is 0. The number of hydrogen-bond acceptors (Lipinski definition) is 3. The van der Waals surface area contributed by atoms with Gasteiger partial charge in [0.1, 0.15) is 6.04 Å². The Morgan fingerprint density at radius 1 is 1.24 bits per heavy atom. The molecule has 0 unspecified atom stereocenters. The Labute approximate surface area is 148 Å². The number of imidazole rings is 1. The maximum atomic E-state index is 12.4. The molecule has 1 heterocycles. The Kier molecular flexibility index (Phi) is 7.19. The highest BCUT2D eigenvalue weighted by Gasteiger charge is 2.19. The zero-order chi connectivity index (χ0) is 18.1. The van der Waals surface area contributed by atoms with Crippen LogP contribution in [0.15, 0.2) is 42.9 Å². The number of benzene rings is 1. The molecule has 6 nitrogen and oxygen atoms in total. The third kappa shape index (κ3) is 6.06. The number of amides is 2. The van der Waals surface area contributed by atoms with E-state index in [0.29, 0.717) is 19.4 Å². The van der Waals surface area contributed by atoms with Gasteiger partial charge in [-0.3, -0.25) is 9.59 Å². The van der Waals surface area contributed by atoms with E-state index in [1.165, 1.54) is 0 Å². The monoisotopic (exact) mass is 342 g/mol. The second kappa shape index (κ2) is 9.61. The van der Waals surface area contributed by atoms with Crippen LogP contribution >= 0.6 is 0 Å². The Bertz CT molecular complexity index is 682. The molecule has 2 rings (SSSR count). The number of nitrogens with one attached hydrogen (secondary N) is 2. The number of hydrogen-bond donors (Lipinski definition) is 2. The van der Waals surface area contributed by atoms with Crippen molar-refractivity contribution in [2.24, 2.45) is 7.05 Å². The third-order valence-electron chi connectivity index (χ3n) is 4.03. The fourth-order valence-corrected chi connectivity index (χ4v) is 2.65. The van der Waals surface area contributed by atoms with Crippen LogP contribution in [0.4, 0.5) is 0 Å². The summed E-state index contributed by atoms with van der Waals surface area (Å²) in [7, 11) is 1.92. The molecule has 2 aromatic rings. The molecule has 1 aromatic carbocycles. The van der Waals surface area contributed by atoms with Gasteiger partial charge in [0.15, 0.2) is 0 Å². The third-order valence-corrected chi connectivity index (χ3v) is 4.03. The Balaban J connectivity index is 1.82. The van der Waals surface area contributed by atoms with Crippen LogP contribution in [0.3, 0.4) is 0 Å². The second-order valence-electron chi connectivity index (χ2n) is 6.11. The summed E-state index contributed by atoms with van der Waals surface area (Å²) in [6, 6.07) is 9.03. The first kappa shape index (κ1) is 18.7. The molecule has 0 aliphatic rings. The van der Waals surface area contributed by atoms with Crippen molar-refractivity contribution in [1.29, 1.82) is 0 Å². The van der Waals surface area contributed by atoms with Crippen LogP contribution in [0, 0.1) is 0 Å². The number of rotatable bonds is 9. The topological polar surface area (TPSA) is 76.0 Å². The first-order valence-electron chi connectivity index (χ1n) is 8.66. The Morgan fingerprint density at radius 2 is 2.00 bits per heavy atom. The van der Waals surface area contributed by atoms with Crippen molar-refractivity contribution in [3.63, 3.8) is 0 Å². The van der Waals surface area contributed by atoms with Gasteiger partial charge in [-0.1, -0.05) is 43.7 Å². The van der Waals surface area contributed by atoms with E-state index in [2.05, 4.69) is 15.6 Å². The highest BCUT2D eigenvalue weighted by atomic mass is 16.2. The van der Waals surface area contributed by atoms with Crippen LogP contribution in [-0.4, -0.2) is 34.0 Å². The average Bonchev–Trinajstić information content (AvgIpc) is 3.00. The van der Waals surface area contributed by atoms with E-state index in [4.69, 9.17) is 0 Å². The molecule has 1 atom stereocenters. The van der Waals surface area contributed by atoms with Gasteiger partial charge in [-0.05, 0) is 12.0 Å². The lowest BCUT2D eigenvalue weighted by atomic mass is 10.1. The molecular formula is C19H26N4O2. The summed E-state index contributed by atoms with van der Waals surface area (Å²) in [5, 5.41) is 5.76. The van der Waals surface area contributed by atoms with Crippen molar-refractivity contribution in [3.05, 3.63) is 54.1 Å². The van der Waals surface area contributed by atoms with Crippen LogP contribution in [0.5, 0.6) is 0 Å². The van der Waals surface area contributed by atoms with E-state index in [1.54, 1.807) is 12.5 Å². The summed E-state index contributed by atoms with van der Waals surface area (Å²) in [4.78, 5) is 28.6. The van der Waals surface area contributed by atoms with E-state index >= 15 is 0 Å². The standard InChI is InChI=1S/C19H26N4O2/c1-3-7-17(22-18(24)12-15-8-5-4-6-9-15)19(25)21-11-10-16-13-20-14-23(16)2/h4-6,8-9,13-14,17H,3,7,10-12H2,1-2H3,(H,21,25)(H,22,24)/t17-/m1/s1. The smallest absolute Gasteiger partial charge is 0.242 e. The van der Waals surface area contributed by atoms with Gasteiger partial charge in [-0.15, -0.1) is 0 Å². The number of aryl methyl sites for hydroxylation is 1. The van der Waals surface area contributed by atoms with Crippen molar-refractivity contribution < 1.29 is 9.59 Å². The molecule has 2 amide bonds. The highest BCUT2D eigenvalue weighted by Crippen LogP contribution is 2.02. The van der Waals surface area contributed by atoms with Crippen molar-refractivity contribution >= 4 is 11.8 Å². The van der Waals surface area contributed by atoms with Gasteiger partial charge < -0.3 is 15.2 Å². The van der Waals surface area contributed by atoms with Gasteiger partial charge in [-0.2, -0.15) is 0 Å². The molecule has 0 fully saturated rings. The molecule has 1 aromatic heterocycles. The fourth-order valence-electron chi connectivity index (χ4n) is 2.65. The summed E-state index contributed by atoms with van der Waals surface area (Å²) in [6.07, 6.45) is 5.96. The van der Waals surface area contributed by atoms with Crippen molar-refractivity contribution in [1.82, 2.24) is 20.2 Å². The molecule has 0 aliphatic heterocycles. The van der Waals surface area contributed by atoms with Crippen LogP contribution in [0.25, 0.3) is 0 Å². The predicted molar refractivity (Wildman–Crippen MR) is 96.9 cm³/mol. The maximum Gasteiger partial charge on any atom is 0.242 e. The lowest BCUT2D eigenvalue weighted by Crippen LogP contribution is -2.47. The minimum atomic E-state index is -0.493. The van der Waals surface area contributed by atoms with Gasteiger partial charge in [-0.25, -0.2) is 4.98 Å². The summed E-state index contributed by atoms with van der Waals surface area (Å²) in [6.45, 7) is 2.52. The lowest BCUT2D eigenvalue weighted by molar-refractivity contribution is -0.128. The van der Waals surface area contributed by atoms with E-state index < -0.39 is 6.04 Å². The molecule has 25 heavy (non-hydrogen) atoms. The molecule has 134 valence electrons. The number of nitrogens with zero attached hydrogens (tertiary/aromatic N) is 2. The summed E-state index contributed by atoms with van der Waals surface area (Å²) in [5.74, 6) is -0.267. The van der Waals surface area contributed by atoms with Gasteiger partial charge in [0.25, 0.3) is 0 Å². The van der Waals surface area contributed by atoms with E-state index in [1.807, 2.05) is 48.9 Å². The second-order valence-corrected chi connectivity index (χ2v) is 6.11. The molecule has 2 N–H and O–H groups in total. The van der Waals surface area contributed by atoms with Crippen molar-refractivity contribution in [3.8, 4) is 0 Å². The predicted octanol–water partition coefficient (Wildman–Crippen LogP) is 1.61. The van der Waals surface area contributed by atoms with Crippen LogP contribution in [-0.2, 0) is 29.5 Å². The molecule has 0 bridgehead atoms. The number of aromatic nitrogens is 2. The summed E-state index contributed by atoms with van der Waals surface area (Å²) < 4.78 is 1.93. The first-order chi connectivity index (χ1) is 12.1. The molecule has 0 aliphatic carbocycles. The van der Waals surface area contributed by atoms with Crippen LogP contribution < -0.4 is 10.6 Å². The van der Waals surface area contributed by atoms with E-state index in [-0.39, 0.29) is 18.2 Å². The van der Waals surface area contributed by atoms with E-state index in [0.717, 1.165) is 17.7 Å². The Hall–Kier alpha value is -2.63. The van der Waals surface area contributed by atoms with Gasteiger partial charge >= 0.3 is 0 Å². The van der Waals surface area contributed by atoms with Gasteiger partial charge in [0.05, 0.1) is 12.7 Å². The minimum Gasteiger partial charge on any atom is -0.354 e. The largest absolute Gasteiger partial charge is 0.354 e. The molecule has 0 saturated carbocycles. The normalized spacial score (nSPS) is 11.8. The van der Waals surface area contributed by atoms with Crippen molar-refractivity contribution in [2.75, 3.05) is 6.54 Å². The molecule has 0 spiro atoms. The zero-order valence-electron chi connectivity index (χ0n) is 14.9. The SMILES string of the molecule is CCC[C@@H](NC(=O)Cc1ccccc1)C(=O)NCCc1cncn1C. The molecule has 6 heteroatoms. The van der Waals surface area contributed by atoms with E-state index in [9.17, 15) is 9.59 Å².